The molecule has 1 fully saturated rings. The zero-order valence-corrected chi connectivity index (χ0v) is 20.8. The molecule has 0 unspecified atom stereocenters. The van der Waals surface area contributed by atoms with Crippen LogP contribution in [0.25, 0.3) is 10.4 Å². The fraction of sp³-hybridized carbons (Fsp3) is 0.318. The third-order valence-electron chi connectivity index (χ3n) is 5.19. The molecule has 3 aromatic heterocycles. The highest BCUT2D eigenvalue weighted by atomic mass is 127. The smallest absolute Gasteiger partial charge is 0.166 e. The van der Waals surface area contributed by atoms with Crippen molar-refractivity contribution >= 4 is 47.3 Å². The zero-order chi connectivity index (χ0) is 21.6. The maximum Gasteiger partial charge on any atom is 0.166 e. The number of halogens is 1. The first-order valence-corrected chi connectivity index (χ1v) is 14.1. The Morgan fingerprint density at radius 3 is 2.90 bits per heavy atom. The summed E-state index contributed by atoms with van der Waals surface area (Å²) in [4.78, 5) is 16.8. The number of aromatic nitrogens is 3. The molecule has 0 radical (unpaired) electrons. The van der Waals surface area contributed by atoms with E-state index in [1.54, 1.807) is 23.7 Å². The minimum atomic E-state index is 0.368. The minimum Gasteiger partial charge on any atom is -0.485 e. The SMILES string of the molecule is CN1CCC(c2ncc(-c3cnc(N)c(OCc4ccnc(C#CSI)c4)c3)s2)CC1. The molecule has 0 saturated carbocycles. The molecule has 0 amide bonds. The third-order valence-corrected chi connectivity index (χ3v) is 7.24. The van der Waals surface area contributed by atoms with E-state index in [4.69, 9.17) is 15.5 Å². The monoisotopic (exact) mass is 563 g/mol. The molecular formula is C22H22IN5OS2. The Bertz CT molecular complexity index is 1100. The maximum absolute atomic E-state index is 6.07. The van der Waals surface area contributed by atoms with Crippen LogP contribution in [0.2, 0.25) is 0 Å². The number of ether oxygens (including phenoxy) is 1. The molecular weight excluding hydrogens is 541 g/mol. The van der Waals surface area contributed by atoms with Gasteiger partial charge < -0.3 is 15.4 Å². The van der Waals surface area contributed by atoms with Crippen LogP contribution >= 0.6 is 41.5 Å². The second kappa shape index (κ2) is 10.6. The van der Waals surface area contributed by atoms with Gasteiger partial charge in [-0.1, -0.05) is 0 Å². The second-order valence-electron chi connectivity index (χ2n) is 7.39. The molecule has 1 aliphatic rings. The molecule has 0 aliphatic carbocycles. The molecule has 31 heavy (non-hydrogen) atoms. The van der Waals surface area contributed by atoms with Crippen molar-refractivity contribution in [2.45, 2.75) is 25.4 Å². The number of nitrogens with zero attached hydrogens (tertiary/aromatic N) is 4. The van der Waals surface area contributed by atoms with Gasteiger partial charge in [-0.05, 0) is 76.8 Å². The molecule has 160 valence electrons. The van der Waals surface area contributed by atoms with Crippen LogP contribution < -0.4 is 10.5 Å². The van der Waals surface area contributed by atoms with Gasteiger partial charge in [0.25, 0.3) is 0 Å². The third kappa shape index (κ3) is 5.88. The van der Waals surface area contributed by atoms with E-state index in [9.17, 15) is 0 Å². The van der Waals surface area contributed by atoms with Crippen LogP contribution in [0.3, 0.4) is 0 Å². The van der Waals surface area contributed by atoms with E-state index in [-0.39, 0.29) is 0 Å². The summed E-state index contributed by atoms with van der Waals surface area (Å²) in [5, 5.41) is 4.15. The molecule has 3 aromatic rings. The first-order valence-electron chi connectivity index (χ1n) is 9.89. The van der Waals surface area contributed by atoms with Crippen LogP contribution in [0.1, 0.15) is 35.0 Å². The lowest BCUT2D eigenvalue weighted by Gasteiger charge is -2.27. The quantitative estimate of drug-likeness (QED) is 0.347. The van der Waals surface area contributed by atoms with Gasteiger partial charge in [0.05, 0.1) is 9.88 Å². The molecule has 1 aliphatic heterocycles. The van der Waals surface area contributed by atoms with Gasteiger partial charge in [0.15, 0.2) is 11.6 Å². The van der Waals surface area contributed by atoms with Crippen molar-refractivity contribution in [2.24, 2.45) is 0 Å². The normalized spacial score (nSPS) is 14.8. The second-order valence-corrected chi connectivity index (χ2v) is 10.1. The Kier molecular flexibility index (Phi) is 7.66. The summed E-state index contributed by atoms with van der Waals surface area (Å²) in [7, 11) is 3.61. The first-order chi connectivity index (χ1) is 15.1. The zero-order valence-electron chi connectivity index (χ0n) is 17.0. The highest BCUT2D eigenvalue weighted by Gasteiger charge is 2.21. The average Bonchev–Trinajstić information content (AvgIpc) is 3.28. The number of piperidine rings is 1. The van der Waals surface area contributed by atoms with E-state index in [2.05, 4.69) is 54.3 Å². The molecule has 2 N–H and O–H groups in total. The van der Waals surface area contributed by atoms with Crippen LogP contribution in [0, 0.1) is 11.2 Å². The van der Waals surface area contributed by atoms with Crippen LogP contribution in [0.4, 0.5) is 5.82 Å². The lowest BCUT2D eigenvalue weighted by Crippen LogP contribution is -2.29. The van der Waals surface area contributed by atoms with Crippen molar-refractivity contribution in [3.8, 4) is 27.4 Å². The van der Waals surface area contributed by atoms with Crippen molar-refractivity contribution in [3.63, 3.8) is 0 Å². The molecule has 4 rings (SSSR count). The van der Waals surface area contributed by atoms with Gasteiger partial charge in [-0.3, -0.25) is 0 Å². The highest BCUT2D eigenvalue weighted by Crippen LogP contribution is 2.36. The van der Waals surface area contributed by atoms with E-state index >= 15 is 0 Å². The summed E-state index contributed by atoms with van der Waals surface area (Å²) in [5.41, 5.74) is 8.74. The van der Waals surface area contributed by atoms with Crippen molar-refractivity contribution in [1.29, 1.82) is 0 Å². The Hall–Kier alpha value is -1.87. The molecule has 9 heteroatoms. The standard InChI is InChI=1S/C22H22IN5OS2/c1-28-7-3-16(4-8-28)22-27-13-20(31-22)17-11-19(21(24)26-12-17)29-14-15-2-6-25-18(10-15)5-9-30-23/h2,6,10-13,16H,3-4,7-8,14H2,1H3,(H2,24,26). The van der Waals surface area contributed by atoms with Crippen molar-refractivity contribution < 1.29 is 4.74 Å². The highest BCUT2D eigenvalue weighted by molar-refractivity contribution is 14.2. The van der Waals surface area contributed by atoms with E-state index in [0.29, 0.717) is 24.1 Å². The number of nitrogens with two attached hydrogens (primary N) is 1. The van der Waals surface area contributed by atoms with E-state index in [0.717, 1.165) is 47.6 Å². The van der Waals surface area contributed by atoms with Gasteiger partial charge in [-0.2, -0.15) is 0 Å². The number of thiazole rings is 1. The Morgan fingerprint density at radius 2 is 2.10 bits per heavy atom. The van der Waals surface area contributed by atoms with Crippen molar-refractivity contribution in [1.82, 2.24) is 19.9 Å². The van der Waals surface area contributed by atoms with Gasteiger partial charge in [-0.25, -0.2) is 15.0 Å². The number of hydrogen-bond donors (Lipinski definition) is 1. The van der Waals surface area contributed by atoms with Gasteiger partial charge in [0.2, 0.25) is 0 Å². The number of likely N-dealkylation sites (tertiary alicyclic amines) is 1. The van der Waals surface area contributed by atoms with Crippen LogP contribution in [0.5, 0.6) is 5.75 Å². The number of pyridine rings is 2. The summed E-state index contributed by atoms with van der Waals surface area (Å²) in [5.74, 6) is 4.49. The predicted octanol–water partition coefficient (Wildman–Crippen LogP) is 4.96. The topological polar surface area (TPSA) is 77.2 Å². The van der Waals surface area contributed by atoms with E-state index in [1.807, 2.05) is 24.4 Å². The summed E-state index contributed by atoms with van der Waals surface area (Å²) >= 11 is 3.88. The van der Waals surface area contributed by atoms with Crippen molar-refractivity contribution in [3.05, 3.63) is 53.1 Å². The predicted molar refractivity (Wildman–Crippen MR) is 136 cm³/mol. The number of anilines is 1. The Labute approximate surface area is 202 Å². The van der Waals surface area contributed by atoms with Gasteiger partial charge in [0.1, 0.15) is 12.3 Å². The van der Waals surface area contributed by atoms with Crippen LogP contribution in [-0.4, -0.2) is 40.0 Å². The average molecular weight is 563 g/mol. The molecule has 0 aromatic carbocycles. The summed E-state index contributed by atoms with van der Waals surface area (Å²) < 4.78 is 5.99. The largest absolute Gasteiger partial charge is 0.485 e. The molecule has 6 nitrogen and oxygen atoms in total. The molecule has 4 heterocycles. The Morgan fingerprint density at radius 1 is 1.26 bits per heavy atom. The van der Waals surface area contributed by atoms with Crippen LogP contribution in [-0.2, 0) is 6.61 Å². The number of nitrogen functional groups attached to an aromatic ring is 1. The molecule has 0 atom stereocenters. The summed E-state index contributed by atoms with van der Waals surface area (Å²) in [6.45, 7) is 2.62. The number of hydrogen-bond acceptors (Lipinski definition) is 8. The minimum absolute atomic E-state index is 0.368. The van der Waals surface area contributed by atoms with E-state index < -0.39 is 0 Å². The fourth-order valence-corrected chi connectivity index (χ4v) is 4.98. The summed E-state index contributed by atoms with van der Waals surface area (Å²) in [6, 6.07) is 5.78. The molecule has 0 spiro atoms. The molecule has 1 saturated heterocycles. The number of rotatable bonds is 5. The van der Waals surface area contributed by atoms with Gasteiger partial charge in [-0.15, -0.1) is 11.3 Å². The Balaban J connectivity index is 1.47. The van der Waals surface area contributed by atoms with Crippen molar-refractivity contribution in [2.75, 3.05) is 25.9 Å². The maximum atomic E-state index is 6.07. The van der Waals surface area contributed by atoms with Gasteiger partial charge in [0, 0.05) is 51.3 Å². The fourth-order valence-electron chi connectivity index (χ4n) is 3.44. The van der Waals surface area contributed by atoms with E-state index in [1.165, 1.54) is 13.9 Å². The van der Waals surface area contributed by atoms with Crippen LogP contribution in [0.15, 0.2) is 36.8 Å². The molecule has 0 bridgehead atoms. The lowest BCUT2D eigenvalue weighted by atomic mass is 9.98. The lowest BCUT2D eigenvalue weighted by molar-refractivity contribution is 0.255. The summed E-state index contributed by atoms with van der Waals surface area (Å²) in [6.07, 6.45) is 7.78. The van der Waals surface area contributed by atoms with Gasteiger partial charge >= 0.3 is 0 Å². The first kappa shape index (κ1) is 22.3.